The number of phenolic OH excluding ortho intramolecular Hbond substituents is 1. The van der Waals surface area contributed by atoms with Crippen LogP contribution in [0.5, 0.6) is 5.75 Å². The van der Waals surface area contributed by atoms with Crippen molar-refractivity contribution in [3.05, 3.63) is 29.6 Å². The molecule has 4 heteroatoms. The maximum absolute atomic E-state index is 13.0. The van der Waals surface area contributed by atoms with Gasteiger partial charge in [0.15, 0.2) is 0 Å². The summed E-state index contributed by atoms with van der Waals surface area (Å²) in [5.41, 5.74) is 0.808. The maximum atomic E-state index is 13.0. The number of benzene rings is 1. The number of rotatable bonds is 6. The minimum atomic E-state index is -0.337. The minimum absolute atomic E-state index is 0.117. The molecule has 1 aromatic carbocycles. The fourth-order valence-corrected chi connectivity index (χ4v) is 2.09. The molecule has 0 atom stereocenters. The Bertz CT molecular complexity index is 391. The molecule has 0 radical (unpaired) electrons. The molecule has 0 aromatic heterocycles. The summed E-state index contributed by atoms with van der Waals surface area (Å²) >= 11 is 0. The van der Waals surface area contributed by atoms with Gasteiger partial charge < -0.3 is 15.5 Å². The zero-order valence-electron chi connectivity index (χ0n) is 9.75. The molecule has 3 N–H and O–H groups in total. The summed E-state index contributed by atoms with van der Waals surface area (Å²) in [4.78, 5) is 0. The lowest BCUT2D eigenvalue weighted by Gasteiger charge is -2.14. The highest BCUT2D eigenvalue weighted by Crippen LogP contribution is 2.47. The van der Waals surface area contributed by atoms with E-state index in [1.54, 1.807) is 0 Å². The van der Waals surface area contributed by atoms with E-state index in [4.69, 9.17) is 5.11 Å². The molecule has 1 saturated carbocycles. The summed E-state index contributed by atoms with van der Waals surface area (Å²) in [7, 11) is 0. The van der Waals surface area contributed by atoms with Gasteiger partial charge >= 0.3 is 0 Å². The molecule has 3 nitrogen and oxygen atoms in total. The molecule has 0 amide bonds. The van der Waals surface area contributed by atoms with E-state index in [-0.39, 0.29) is 23.6 Å². The Balaban J connectivity index is 1.84. The second-order valence-electron chi connectivity index (χ2n) is 4.85. The quantitative estimate of drug-likeness (QED) is 0.709. The molecular formula is C13H18FNO2. The van der Waals surface area contributed by atoms with Crippen LogP contribution in [0.15, 0.2) is 18.2 Å². The zero-order chi connectivity index (χ0) is 12.3. The molecule has 0 unspecified atom stereocenters. The summed E-state index contributed by atoms with van der Waals surface area (Å²) in [6, 6.07) is 3.95. The smallest absolute Gasteiger partial charge is 0.123 e. The first kappa shape index (κ1) is 12.3. The maximum Gasteiger partial charge on any atom is 0.123 e. The first-order chi connectivity index (χ1) is 8.15. The van der Waals surface area contributed by atoms with Crippen molar-refractivity contribution in [1.29, 1.82) is 0 Å². The number of phenols is 1. The van der Waals surface area contributed by atoms with Crippen molar-refractivity contribution in [3.63, 3.8) is 0 Å². The number of nitrogens with one attached hydrogen (secondary N) is 1. The van der Waals surface area contributed by atoms with Crippen LogP contribution in [-0.2, 0) is 6.54 Å². The van der Waals surface area contributed by atoms with Gasteiger partial charge in [-0.1, -0.05) is 0 Å². The SMILES string of the molecule is OCCC1(CNCc2cc(F)ccc2O)CC1. The minimum Gasteiger partial charge on any atom is -0.508 e. The van der Waals surface area contributed by atoms with Gasteiger partial charge in [0.25, 0.3) is 0 Å². The Hall–Kier alpha value is -1.13. The Kier molecular flexibility index (Phi) is 3.64. The van der Waals surface area contributed by atoms with Gasteiger partial charge in [-0.05, 0) is 42.9 Å². The van der Waals surface area contributed by atoms with Crippen molar-refractivity contribution < 1.29 is 14.6 Å². The van der Waals surface area contributed by atoms with Crippen molar-refractivity contribution in [2.45, 2.75) is 25.8 Å². The fraction of sp³-hybridized carbons (Fsp3) is 0.538. The van der Waals surface area contributed by atoms with Gasteiger partial charge in [-0.15, -0.1) is 0 Å². The number of hydrogen-bond acceptors (Lipinski definition) is 3. The van der Waals surface area contributed by atoms with Crippen LogP contribution in [0.25, 0.3) is 0 Å². The highest BCUT2D eigenvalue weighted by Gasteiger charge is 2.41. The molecule has 94 valence electrons. The summed E-state index contributed by atoms with van der Waals surface area (Å²) in [5.74, 6) is -0.220. The van der Waals surface area contributed by atoms with Crippen molar-refractivity contribution in [3.8, 4) is 5.75 Å². The fourth-order valence-electron chi connectivity index (χ4n) is 2.09. The van der Waals surface area contributed by atoms with Gasteiger partial charge in [0.1, 0.15) is 11.6 Å². The molecule has 1 aliphatic rings. The summed E-state index contributed by atoms with van der Waals surface area (Å²) in [6.45, 7) is 1.48. The molecule has 0 saturated heterocycles. The van der Waals surface area contributed by atoms with Gasteiger partial charge in [-0.25, -0.2) is 4.39 Å². The van der Waals surface area contributed by atoms with Crippen LogP contribution in [0.4, 0.5) is 4.39 Å². The summed E-state index contributed by atoms with van der Waals surface area (Å²) in [5, 5.41) is 21.7. The molecule has 0 bridgehead atoms. The predicted molar refractivity (Wildman–Crippen MR) is 63.1 cm³/mol. The normalized spacial score (nSPS) is 17.1. The van der Waals surface area contributed by atoms with Crippen LogP contribution in [0.3, 0.4) is 0 Å². The van der Waals surface area contributed by atoms with E-state index in [9.17, 15) is 9.50 Å². The number of hydrogen-bond donors (Lipinski definition) is 3. The topological polar surface area (TPSA) is 52.5 Å². The van der Waals surface area contributed by atoms with Gasteiger partial charge in [0.2, 0.25) is 0 Å². The van der Waals surface area contributed by atoms with Crippen LogP contribution in [0.1, 0.15) is 24.8 Å². The lowest BCUT2D eigenvalue weighted by molar-refractivity contribution is 0.245. The van der Waals surface area contributed by atoms with Crippen molar-refractivity contribution in [1.82, 2.24) is 5.32 Å². The molecule has 0 spiro atoms. The summed E-state index contributed by atoms with van der Waals surface area (Å²) in [6.07, 6.45) is 3.08. The van der Waals surface area contributed by atoms with E-state index < -0.39 is 0 Å². The van der Waals surface area contributed by atoms with Crippen molar-refractivity contribution in [2.24, 2.45) is 5.41 Å². The van der Waals surface area contributed by atoms with E-state index >= 15 is 0 Å². The molecule has 0 heterocycles. The first-order valence-corrected chi connectivity index (χ1v) is 5.94. The molecular weight excluding hydrogens is 221 g/mol. The van der Waals surface area contributed by atoms with Crippen LogP contribution < -0.4 is 5.32 Å². The summed E-state index contributed by atoms with van der Waals surface area (Å²) < 4.78 is 13.0. The van der Waals surface area contributed by atoms with E-state index in [2.05, 4.69) is 5.32 Å². The average molecular weight is 239 g/mol. The number of halogens is 1. The third kappa shape index (κ3) is 3.17. The van der Waals surface area contributed by atoms with Crippen LogP contribution in [0, 0.1) is 11.2 Å². The Labute approximate surface area is 100 Å². The van der Waals surface area contributed by atoms with Crippen molar-refractivity contribution >= 4 is 0 Å². The largest absolute Gasteiger partial charge is 0.508 e. The van der Waals surface area contributed by atoms with Gasteiger partial charge in [0.05, 0.1) is 0 Å². The number of aliphatic hydroxyl groups is 1. The highest BCUT2D eigenvalue weighted by atomic mass is 19.1. The van der Waals surface area contributed by atoms with Crippen molar-refractivity contribution in [2.75, 3.05) is 13.2 Å². The molecule has 1 fully saturated rings. The molecule has 17 heavy (non-hydrogen) atoms. The zero-order valence-corrected chi connectivity index (χ0v) is 9.75. The predicted octanol–water partition coefficient (Wildman–Crippen LogP) is 1.78. The van der Waals surface area contributed by atoms with E-state index in [1.165, 1.54) is 18.2 Å². The third-order valence-electron chi connectivity index (χ3n) is 3.46. The Morgan fingerprint density at radius 2 is 2.12 bits per heavy atom. The van der Waals surface area contributed by atoms with Crippen LogP contribution >= 0.6 is 0 Å². The Morgan fingerprint density at radius 1 is 1.35 bits per heavy atom. The standard InChI is InChI=1S/C13H18FNO2/c14-11-1-2-12(17)10(7-11)8-15-9-13(3-4-13)5-6-16/h1-2,7,15-17H,3-6,8-9H2. The van der Waals surface area contributed by atoms with Crippen LogP contribution in [0.2, 0.25) is 0 Å². The molecule has 1 aromatic rings. The van der Waals surface area contributed by atoms with Gasteiger partial charge in [-0.3, -0.25) is 0 Å². The van der Waals surface area contributed by atoms with Crippen LogP contribution in [-0.4, -0.2) is 23.4 Å². The van der Waals surface area contributed by atoms with E-state index in [0.29, 0.717) is 12.1 Å². The average Bonchev–Trinajstić information content (AvgIpc) is 3.04. The number of aromatic hydroxyl groups is 1. The molecule has 1 aliphatic carbocycles. The third-order valence-corrected chi connectivity index (χ3v) is 3.46. The highest BCUT2D eigenvalue weighted by molar-refractivity contribution is 5.32. The van der Waals surface area contributed by atoms with Gasteiger partial charge in [-0.2, -0.15) is 0 Å². The monoisotopic (exact) mass is 239 g/mol. The lowest BCUT2D eigenvalue weighted by atomic mass is 10.0. The van der Waals surface area contributed by atoms with Gasteiger partial charge in [0, 0.05) is 25.3 Å². The van der Waals surface area contributed by atoms with E-state index in [1.807, 2.05) is 0 Å². The molecule has 2 rings (SSSR count). The number of aliphatic hydroxyl groups excluding tert-OH is 1. The molecule has 0 aliphatic heterocycles. The second-order valence-corrected chi connectivity index (χ2v) is 4.85. The lowest BCUT2D eigenvalue weighted by Crippen LogP contribution is -2.24. The first-order valence-electron chi connectivity index (χ1n) is 5.94. The Morgan fingerprint density at radius 3 is 2.76 bits per heavy atom. The second kappa shape index (κ2) is 5.02. The van der Waals surface area contributed by atoms with E-state index in [0.717, 1.165) is 25.8 Å².